The lowest BCUT2D eigenvalue weighted by Gasteiger charge is -2.05. The molecule has 3 aromatic rings. The van der Waals surface area contributed by atoms with E-state index in [-0.39, 0.29) is 28.9 Å². The highest BCUT2D eigenvalue weighted by molar-refractivity contribution is 6.34. The van der Waals surface area contributed by atoms with Gasteiger partial charge in [0.25, 0.3) is 11.6 Å². The molecule has 0 spiro atoms. The van der Waals surface area contributed by atoms with Crippen LogP contribution in [0.5, 0.6) is 11.5 Å². The Balaban J connectivity index is 1.56. The largest absolute Gasteiger partial charge is 0.454 e. The van der Waals surface area contributed by atoms with Gasteiger partial charge in [0.2, 0.25) is 6.79 Å². The van der Waals surface area contributed by atoms with Gasteiger partial charge in [-0.05, 0) is 30.3 Å². The van der Waals surface area contributed by atoms with Crippen LogP contribution in [0.4, 0.5) is 11.4 Å². The predicted octanol–water partition coefficient (Wildman–Crippen LogP) is 3.62. The van der Waals surface area contributed by atoms with Gasteiger partial charge in [-0.25, -0.2) is 0 Å². The number of nitro benzene ring substituents is 1. The van der Waals surface area contributed by atoms with Crippen LogP contribution in [0.25, 0.3) is 11.3 Å². The Hall–Kier alpha value is -3.59. The minimum absolute atomic E-state index is 0.134. The first kappa shape index (κ1) is 16.9. The van der Waals surface area contributed by atoms with E-state index in [4.69, 9.17) is 21.1 Å². The predicted molar refractivity (Wildman–Crippen MR) is 96.2 cm³/mol. The number of aromatic nitrogens is 2. The molecule has 0 fully saturated rings. The fourth-order valence-electron chi connectivity index (χ4n) is 2.55. The standard InChI is InChI=1S/C17H11ClN4O5/c18-11-3-2-10(22(24)25)6-13(11)19-17(23)14-7-12(20-21-14)9-1-4-15-16(5-9)27-8-26-15/h1-7H,8H2,(H,19,23)(H,20,21). The van der Waals surface area contributed by atoms with Gasteiger partial charge in [0.1, 0.15) is 5.69 Å². The van der Waals surface area contributed by atoms with Crippen LogP contribution < -0.4 is 14.8 Å². The Morgan fingerprint density at radius 3 is 2.81 bits per heavy atom. The van der Waals surface area contributed by atoms with Crippen LogP contribution in [0.3, 0.4) is 0 Å². The zero-order valence-corrected chi connectivity index (χ0v) is 14.3. The second-order valence-electron chi connectivity index (χ2n) is 5.61. The zero-order valence-electron chi connectivity index (χ0n) is 13.6. The number of rotatable bonds is 4. The van der Waals surface area contributed by atoms with Gasteiger partial charge in [0.15, 0.2) is 11.5 Å². The SMILES string of the molecule is O=C(Nc1cc([N+](=O)[O-])ccc1Cl)c1cc(-c2ccc3c(c2)OCO3)n[nH]1. The average Bonchev–Trinajstić information content (AvgIpc) is 3.32. The summed E-state index contributed by atoms with van der Waals surface area (Å²) in [5.74, 6) is 0.717. The monoisotopic (exact) mass is 386 g/mol. The van der Waals surface area contributed by atoms with Crippen molar-refractivity contribution in [3.63, 3.8) is 0 Å². The lowest BCUT2D eigenvalue weighted by atomic mass is 10.1. The van der Waals surface area contributed by atoms with Crippen molar-refractivity contribution >= 4 is 28.9 Å². The molecule has 2 heterocycles. The van der Waals surface area contributed by atoms with Crippen molar-refractivity contribution in [3.05, 3.63) is 63.3 Å². The van der Waals surface area contributed by atoms with Crippen LogP contribution in [-0.2, 0) is 0 Å². The van der Waals surface area contributed by atoms with Crippen molar-refractivity contribution in [1.29, 1.82) is 0 Å². The molecule has 4 rings (SSSR count). The number of nitro groups is 1. The van der Waals surface area contributed by atoms with Crippen molar-refractivity contribution in [2.45, 2.75) is 0 Å². The Labute approximate surface area is 157 Å². The molecular weight excluding hydrogens is 376 g/mol. The highest BCUT2D eigenvalue weighted by Crippen LogP contribution is 2.35. The fourth-order valence-corrected chi connectivity index (χ4v) is 2.72. The summed E-state index contributed by atoms with van der Waals surface area (Å²) in [7, 11) is 0. The molecule has 0 aliphatic carbocycles. The van der Waals surface area contributed by atoms with Crippen LogP contribution in [0.15, 0.2) is 42.5 Å². The van der Waals surface area contributed by atoms with E-state index in [1.165, 1.54) is 18.2 Å². The van der Waals surface area contributed by atoms with Crippen molar-refractivity contribution in [3.8, 4) is 22.8 Å². The third kappa shape index (κ3) is 3.27. The summed E-state index contributed by atoms with van der Waals surface area (Å²) in [5.41, 5.74) is 1.40. The molecule has 0 bridgehead atoms. The number of hydrogen-bond donors (Lipinski definition) is 2. The average molecular weight is 387 g/mol. The Bertz CT molecular complexity index is 1070. The molecule has 9 nitrogen and oxygen atoms in total. The van der Waals surface area contributed by atoms with Crippen molar-refractivity contribution in [2.75, 3.05) is 12.1 Å². The van der Waals surface area contributed by atoms with Crippen molar-refractivity contribution in [2.24, 2.45) is 0 Å². The molecule has 1 amide bonds. The molecule has 27 heavy (non-hydrogen) atoms. The molecular formula is C17H11ClN4O5. The van der Waals surface area contributed by atoms with E-state index >= 15 is 0 Å². The second kappa shape index (κ2) is 6.61. The van der Waals surface area contributed by atoms with Crippen LogP contribution in [0.2, 0.25) is 5.02 Å². The minimum Gasteiger partial charge on any atom is -0.454 e. The Morgan fingerprint density at radius 1 is 1.19 bits per heavy atom. The van der Waals surface area contributed by atoms with Gasteiger partial charge in [-0.15, -0.1) is 0 Å². The molecule has 10 heteroatoms. The van der Waals surface area contributed by atoms with Gasteiger partial charge >= 0.3 is 0 Å². The third-order valence-electron chi connectivity index (χ3n) is 3.90. The molecule has 0 radical (unpaired) electrons. The highest BCUT2D eigenvalue weighted by atomic mass is 35.5. The van der Waals surface area contributed by atoms with E-state index < -0.39 is 10.8 Å². The second-order valence-corrected chi connectivity index (χ2v) is 6.02. The number of nitrogens with one attached hydrogen (secondary N) is 2. The summed E-state index contributed by atoms with van der Waals surface area (Å²) < 4.78 is 10.6. The number of hydrogen-bond acceptors (Lipinski definition) is 6. The number of H-pyrrole nitrogens is 1. The van der Waals surface area contributed by atoms with E-state index in [9.17, 15) is 14.9 Å². The third-order valence-corrected chi connectivity index (χ3v) is 4.23. The minimum atomic E-state index is -0.570. The fraction of sp³-hybridized carbons (Fsp3) is 0.0588. The van der Waals surface area contributed by atoms with E-state index in [1.54, 1.807) is 24.3 Å². The number of fused-ring (bicyclic) bond motifs is 1. The summed E-state index contributed by atoms with van der Waals surface area (Å²) >= 11 is 6.00. The zero-order chi connectivity index (χ0) is 19.0. The molecule has 1 aromatic heterocycles. The van der Waals surface area contributed by atoms with Gasteiger partial charge in [-0.2, -0.15) is 5.10 Å². The maximum absolute atomic E-state index is 12.4. The summed E-state index contributed by atoms with van der Waals surface area (Å²) in [6, 6.07) is 10.7. The normalized spacial score (nSPS) is 12.0. The molecule has 2 N–H and O–H groups in total. The number of ether oxygens (including phenoxy) is 2. The van der Waals surface area contributed by atoms with E-state index in [2.05, 4.69) is 15.5 Å². The first-order valence-corrected chi connectivity index (χ1v) is 8.10. The number of halogens is 1. The quantitative estimate of drug-likeness (QED) is 0.522. The molecule has 0 atom stereocenters. The summed E-state index contributed by atoms with van der Waals surface area (Å²) in [4.78, 5) is 22.7. The first-order chi connectivity index (χ1) is 13.0. The number of aromatic amines is 1. The molecule has 1 aliphatic rings. The number of carbonyl (C=O) groups excluding carboxylic acids is 1. The summed E-state index contributed by atoms with van der Waals surface area (Å²) in [5, 5.41) is 20.4. The maximum atomic E-state index is 12.4. The lowest BCUT2D eigenvalue weighted by Crippen LogP contribution is -2.12. The molecule has 136 valence electrons. The number of carbonyl (C=O) groups is 1. The van der Waals surface area contributed by atoms with Gasteiger partial charge in [0, 0.05) is 17.7 Å². The number of non-ortho nitro benzene ring substituents is 1. The molecule has 0 unspecified atom stereocenters. The number of anilines is 1. The highest BCUT2D eigenvalue weighted by Gasteiger charge is 2.18. The van der Waals surface area contributed by atoms with Crippen molar-refractivity contribution < 1.29 is 19.2 Å². The lowest BCUT2D eigenvalue weighted by molar-refractivity contribution is -0.384. The first-order valence-electron chi connectivity index (χ1n) is 7.72. The van der Waals surface area contributed by atoms with Gasteiger partial charge < -0.3 is 14.8 Å². The number of amides is 1. The molecule has 1 aliphatic heterocycles. The summed E-state index contributed by atoms with van der Waals surface area (Å²) in [6.07, 6.45) is 0. The van der Waals surface area contributed by atoms with Gasteiger partial charge in [0.05, 0.1) is 21.3 Å². The molecule has 0 saturated heterocycles. The van der Waals surface area contributed by atoms with Crippen LogP contribution in [0.1, 0.15) is 10.5 Å². The summed E-state index contributed by atoms with van der Waals surface area (Å²) in [6.45, 7) is 0.164. The maximum Gasteiger partial charge on any atom is 0.273 e. The molecule has 2 aromatic carbocycles. The Kier molecular flexibility index (Phi) is 4.13. The number of nitrogens with zero attached hydrogens (tertiary/aromatic N) is 2. The smallest absolute Gasteiger partial charge is 0.273 e. The molecule has 0 saturated carbocycles. The van der Waals surface area contributed by atoms with Crippen LogP contribution in [0, 0.1) is 10.1 Å². The topological polar surface area (TPSA) is 119 Å². The Morgan fingerprint density at radius 2 is 2.00 bits per heavy atom. The van der Waals surface area contributed by atoms with Crippen molar-refractivity contribution in [1.82, 2.24) is 10.2 Å². The van der Waals surface area contributed by atoms with Gasteiger partial charge in [-0.3, -0.25) is 20.0 Å². The number of benzene rings is 2. The van der Waals surface area contributed by atoms with Gasteiger partial charge in [-0.1, -0.05) is 11.6 Å². The van der Waals surface area contributed by atoms with E-state index in [0.29, 0.717) is 17.2 Å². The van der Waals surface area contributed by atoms with Crippen LogP contribution >= 0.6 is 11.6 Å². The van der Waals surface area contributed by atoms with Crippen LogP contribution in [-0.4, -0.2) is 27.8 Å². The van der Waals surface area contributed by atoms with E-state index in [0.717, 1.165) is 5.56 Å². The van der Waals surface area contributed by atoms with E-state index in [1.807, 2.05) is 0 Å².